The largest absolute Gasteiger partial charge is 0.442 e. The van der Waals surface area contributed by atoms with Gasteiger partial charge in [0.15, 0.2) is 15.2 Å². The molecule has 152 valence electrons. The van der Waals surface area contributed by atoms with E-state index in [2.05, 4.69) is 55.1 Å². The third-order valence-electron chi connectivity index (χ3n) is 6.16. The first-order valence-corrected chi connectivity index (χ1v) is 11.7. The minimum Gasteiger partial charge on any atom is -0.442 e. The van der Waals surface area contributed by atoms with Gasteiger partial charge >= 0.3 is 5.97 Å². The SMILES string of the molecule is C#CC(C)(OC(=O)c1cccc(-[s+]2cc(C)c3ccccc32)c1)C1CCCCC1=C. The third kappa shape index (κ3) is 3.68. The number of carbonyl (C=O) groups is 1. The van der Waals surface area contributed by atoms with Crippen molar-refractivity contribution in [1.82, 2.24) is 0 Å². The summed E-state index contributed by atoms with van der Waals surface area (Å²) >= 11 is 0. The Bertz CT molecular complexity index is 1160. The van der Waals surface area contributed by atoms with E-state index in [0.29, 0.717) is 5.56 Å². The fourth-order valence-electron chi connectivity index (χ4n) is 4.44. The standard InChI is InChI=1S/C27H27O2S/c1-5-27(4,24-15-8-6-11-19(24)2)29-26(28)21-12-10-13-22(17-21)30-18-20(3)23-14-7-9-16-25(23)30/h1,7,9-10,12-14,16-18,24H,2,6,8,11,15H2,3-4H3/q+1. The summed E-state index contributed by atoms with van der Waals surface area (Å²) in [7, 11) is -0.182. The summed E-state index contributed by atoms with van der Waals surface area (Å²) < 4.78 is 7.24. The molecule has 1 aliphatic carbocycles. The van der Waals surface area contributed by atoms with E-state index >= 15 is 0 Å². The molecule has 0 amide bonds. The number of terminal acetylenes is 1. The van der Waals surface area contributed by atoms with Crippen LogP contribution in [0.3, 0.4) is 0 Å². The molecule has 1 aromatic heterocycles. The molecular formula is C27H27O2S+. The number of hydrogen-bond donors (Lipinski definition) is 0. The predicted molar refractivity (Wildman–Crippen MR) is 126 cm³/mol. The van der Waals surface area contributed by atoms with Crippen molar-refractivity contribution in [2.24, 2.45) is 5.92 Å². The Kier molecular flexibility index (Phi) is 5.54. The van der Waals surface area contributed by atoms with Gasteiger partial charge in [-0.25, -0.2) is 4.79 Å². The molecule has 0 spiro atoms. The lowest BCUT2D eigenvalue weighted by Gasteiger charge is -2.36. The van der Waals surface area contributed by atoms with Gasteiger partial charge in [-0.3, -0.25) is 0 Å². The maximum Gasteiger partial charge on any atom is 0.339 e. The molecule has 0 aliphatic heterocycles. The van der Waals surface area contributed by atoms with Gasteiger partial charge in [0.1, 0.15) is 5.38 Å². The van der Waals surface area contributed by atoms with Gasteiger partial charge in [-0.05, 0) is 57.4 Å². The minimum absolute atomic E-state index is 0.0116. The first-order valence-electron chi connectivity index (χ1n) is 10.4. The topological polar surface area (TPSA) is 26.3 Å². The zero-order chi connectivity index (χ0) is 21.3. The van der Waals surface area contributed by atoms with E-state index in [1.54, 1.807) is 6.07 Å². The quantitative estimate of drug-likeness (QED) is 0.195. The Labute approximate surface area is 181 Å². The summed E-state index contributed by atoms with van der Waals surface area (Å²) in [5.74, 6) is 2.40. The molecule has 1 fully saturated rings. The molecule has 3 aromatic rings. The lowest BCUT2D eigenvalue weighted by Crippen LogP contribution is -2.40. The fraction of sp³-hybridized carbons (Fsp3) is 0.296. The van der Waals surface area contributed by atoms with Crippen LogP contribution in [0.1, 0.15) is 48.5 Å². The van der Waals surface area contributed by atoms with Crippen molar-refractivity contribution < 1.29 is 9.53 Å². The molecule has 3 unspecified atom stereocenters. The molecule has 1 heterocycles. The monoisotopic (exact) mass is 415 g/mol. The summed E-state index contributed by atoms with van der Waals surface area (Å²) in [6.45, 7) is 8.17. The van der Waals surface area contributed by atoms with E-state index in [1.807, 2.05) is 19.1 Å². The van der Waals surface area contributed by atoms with E-state index in [-0.39, 0.29) is 22.4 Å². The van der Waals surface area contributed by atoms with Crippen molar-refractivity contribution in [3.05, 3.63) is 77.2 Å². The van der Waals surface area contributed by atoms with Crippen LogP contribution in [0.25, 0.3) is 15.0 Å². The Balaban J connectivity index is 1.64. The third-order valence-corrected chi connectivity index (χ3v) is 8.34. The summed E-state index contributed by atoms with van der Waals surface area (Å²) in [6.07, 6.45) is 9.92. The Morgan fingerprint density at radius 1 is 1.23 bits per heavy atom. The van der Waals surface area contributed by atoms with Gasteiger partial charge in [0, 0.05) is 33.4 Å². The van der Waals surface area contributed by atoms with Crippen molar-refractivity contribution in [3.63, 3.8) is 0 Å². The number of ether oxygens (including phenoxy) is 1. The lowest BCUT2D eigenvalue weighted by molar-refractivity contribution is -0.00645. The maximum atomic E-state index is 13.1. The normalized spacial score (nSPS) is 19.2. The second-order valence-electron chi connectivity index (χ2n) is 8.26. The summed E-state index contributed by atoms with van der Waals surface area (Å²) in [5, 5.41) is 3.57. The molecule has 1 saturated carbocycles. The highest BCUT2D eigenvalue weighted by molar-refractivity contribution is 7.43. The number of aryl methyl sites for hydroxylation is 1. The van der Waals surface area contributed by atoms with Gasteiger partial charge in [-0.15, -0.1) is 6.42 Å². The minimum atomic E-state index is -0.969. The van der Waals surface area contributed by atoms with E-state index < -0.39 is 5.60 Å². The molecule has 1 aliphatic rings. The summed E-state index contributed by atoms with van der Waals surface area (Å²) in [5.41, 5.74) is 1.94. The van der Waals surface area contributed by atoms with Crippen LogP contribution < -0.4 is 0 Å². The zero-order valence-corrected chi connectivity index (χ0v) is 18.4. The molecule has 3 atom stereocenters. The van der Waals surface area contributed by atoms with E-state index in [9.17, 15) is 4.79 Å². The molecule has 0 radical (unpaired) electrons. The molecule has 2 aromatic carbocycles. The lowest BCUT2D eigenvalue weighted by atomic mass is 9.75. The van der Waals surface area contributed by atoms with Crippen molar-refractivity contribution >= 4 is 26.5 Å². The molecule has 0 N–H and O–H groups in total. The molecular weight excluding hydrogens is 388 g/mol. The van der Waals surface area contributed by atoms with Gasteiger partial charge < -0.3 is 4.74 Å². The number of esters is 1. The summed E-state index contributed by atoms with van der Waals surface area (Å²) in [4.78, 5) is 14.2. The van der Waals surface area contributed by atoms with Crippen molar-refractivity contribution in [1.29, 1.82) is 0 Å². The van der Waals surface area contributed by atoms with Gasteiger partial charge in [0.2, 0.25) is 0 Å². The molecule has 30 heavy (non-hydrogen) atoms. The van der Waals surface area contributed by atoms with Gasteiger partial charge in [0.25, 0.3) is 0 Å². The van der Waals surface area contributed by atoms with Crippen LogP contribution in [-0.4, -0.2) is 11.6 Å². The summed E-state index contributed by atoms with van der Waals surface area (Å²) in [6, 6.07) is 16.2. The van der Waals surface area contributed by atoms with Crippen molar-refractivity contribution in [3.8, 4) is 17.2 Å². The number of carbonyl (C=O) groups excluding carboxylic acids is 1. The van der Waals surface area contributed by atoms with E-state index in [1.165, 1.54) is 15.6 Å². The number of benzene rings is 2. The van der Waals surface area contributed by atoms with Crippen LogP contribution in [0.15, 0.2) is 66.1 Å². The Morgan fingerprint density at radius 2 is 2.03 bits per heavy atom. The second-order valence-corrected chi connectivity index (χ2v) is 10.1. The first kappa shape index (κ1) is 20.4. The Morgan fingerprint density at radius 3 is 2.80 bits per heavy atom. The highest BCUT2D eigenvalue weighted by atomic mass is 32.2. The number of rotatable bonds is 4. The van der Waals surface area contributed by atoms with Crippen LogP contribution in [0.5, 0.6) is 0 Å². The maximum absolute atomic E-state index is 13.1. The number of fused-ring (bicyclic) bond motifs is 1. The second kappa shape index (κ2) is 8.13. The molecule has 2 nitrogen and oxygen atoms in total. The van der Waals surface area contributed by atoms with E-state index in [4.69, 9.17) is 11.2 Å². The number of hydrogen-bond acceptors (Lipinski definition) is 2. The van der Waals surface area contributed by atoms with Gasteiger partial charge in [-0.1, -0.05) is 42.7 Å². The highest BCUT2D eigenvalue weighted by Crippen LogP contribution is 2.42. The molecule has 3 heteroatoms. The van der Waals surface area contributed by atoms with Gasteiger partial charge in [-0.2, -0.15) is 0 Å². The van der Waals surface area contributed by atoms with Crippen LogP contribution in [0, 0.1) is 25.2 Å². The number of thiophene rings is 1. The predicted octanol–water partition coefficient (Wildman–Crippen LogP) is 7.18. The van der Waals surface area contributed by atoms with Crippen LogP contribution in [0.2, 0.25) is 0 Å². The van der Waals surface area contributed by atoms with Crippen LogP contribution in [0.4, 0.5) is 0 Å². The average molecular weight is 416 g/mol. The fourth-order valence-corrected chi connectivity index (χ4v) is 6.61. The zero-order valence-electron chi connectivity index (χ0n) is 17.6. The van der Waals surface area contributed by atoms with E-state index in [0.717, 1.165) is 36.2 Å². The van der Waals surface area contributed by atoms with Crippen molar-refractivity contribution in [2.75, 3.05) is 0 Å². The Hall–Kier alpha value is -2.83. The van der Waals surface area contributed by atoms with Crippen LogP contribution in [-0.2, 0) is 4.74 Å². The molecule has 0 bridgehead atoms. The average Bonchev–Trinajstić information content (AvgIpc) is 3.11. The van der Waals surface area contributed by atoms with Gasteiger partial charge in [0.05, 0.1) is 5.56 Å². The van der Waals surface area contributed by atoms with Crippen molar-refractivity contribution in [2.45, 2.75) is 45.1 Å². The molecule has 4 rings (SSSR count). The highest BCUT2D eigenvalue weighted by Gasteiger charge is 2.39. The molecule has 0 saturated heterocycles. The first-order chi connectivity index (χ1) is 14.4. The smallest absolute Gasteiger partial charge is 0.339 e. The van der Waals surface area contributed by atoms with Crippen LogP contribution >= 0.6 is 10.5 Å².